The fourth-order valence-corrected chi connectivity index (χ4v) is 4.53. The van der Waals surface area contributed by atoms with Gasteiger partial charge in [0.1, 0.15) is 5.60 Å². The van der Waals surface area contributed by atoms with Crippen LogP contribution in [0.1, 0.15) is 73.5 Å². The molecule has 2 aromatic carbocycles. The molecular formula is C27H29F6NO3. The summed E-state index contributed by atoms with van der Waals surface area (Å²) in [5, 5.41) is 0. The molecule has 0 saturated carbocycles. The Bertz CT molecular complexity index is 1080. The molecule has 0 bridgehead atoms. The van der Waals surface area contributed by atoms with Crippen LogP contribution in [0.25, 0.3) is 0 Å². The summed E-state index contributed by atoms with van der Waals surface area (Å²) < 4.78 is 84.9. The van der Waals surface area contributed by atoms with Gasteiger partial charge in [-0.1, -0.05) is 30.3 Å². The van der Waals surface area contributed by atoms with Gasteiger partial charge in [-0.3, -0.25) is 4.79 Å². The summed E-state index contributed by atoms with van der Waals surface area (Å²) in [4.78, 5) is 27.0. The van der Waals surface area contributed by atoms with Gasteiger partial charge in [-0.05, 0) is 69.2 Å². The number of piperidine rings is 1. The Labute approximate surface area is 211 Å². The maximum Gasteiger partial charge on any atom is 0.416 e. The number of benzene rings is 2. The average molecular weight is 530 g/mol. The lowest BCUT2D eigenvalue weighted by Crippen LogP contribution is -2.47. The molecule has 0 radical (unpaired) electrons. The summed E-state index contributed by atoms with van der Waals surface area (Å²) >= 11 is 0. The van der Waals surface area contributed by atoms with Crippen molar-refractivity contribution in [3.8, 4) is 0 Å². The number of nitrogens with zero attached hydrogens (tertiary/aromatic N) is 1. The summed E-state index contributed by atoms with van der Waals surface area (Å²) in [5.41, 5.74) is -4.02. The molecule has 1 amide bonds. The van der Waals surface area contributed by atoms with Gasteiger partial charge < -0.3 is 9.64 Å². The first kappa shape index (κ1) is 28.5. The number of halogens is 6. The van der Waals surface area contributed by atoms with Gasteiger partial charge in [-0.25, -0.2) is 4.79 Å². The van der Waals surface area contributed by atoms with E-state index in [4.69, 9.17) is 4.74 Å². The van der Waals surface area contributed by atoms with Gasteiger partial charge in [0.2, 0.25) is 0 Å². The standard InChI is InChI=1S/C27H29F6NO3/c1-24(2,3)37-23(36)34-13-11-25(12-14-34,19-7-5-4-6-8-19)10-9-22(35)18-15-20(26(28,29)30)17-21(16-18)27(31,32)33/h4-8,15-17H,9-14H2,1-3H3. The van der Waals surface area contributed by atoms with Crippen LogP contribution in [0.4, 0.5) is 31.1 Å². The highest BCUT2D eigenvalue weighted by atomic mass is 19.4. The third-order valence-corrected chi connectivity index (χ3v) is 6.50. The van der Waals surface area contributed by atoms with E-state index in [0.717, 1.165) is 5.56 Å². The number of ether oxygens (including phenoxy) is 1. The van der Waals surface area contributed by atoms with Gasteiger partial charge >= 0.3 is 18.4 Å². The molecule has 2 aromatic rings. The number of hydrogen-bond donors (Lipinski definition) is 0. The van der Waals surface area contributed by atoms with E-state index in [1.807, 2.05) is 30.3 Å². The maximum absolute atomic E-state index is 13.2. The van der Waals surface area contributed by atoms with Crippen LogP contribution in [0.3, 0.4) is 0 Å². The predicted octanol–water partition coefficient (Wildman–Crippen LogP) is 7.66. The van der Waals surface area contributed by atoms with Gasteiger partial charge in [-0.15, -0.1) is 0 Å². The smallest absolute Gasteiger partial charge is 0.416 e. The average Bonchev–Trinajstić information content (AvgIpc) is 2.81. The third-order valence-electron chi connectivity index (χ3n) is 6.50. The molecule has 1 heterocycles. The van der Waals surface area contributed by atoms with E-state index in [-0.39, 0.29) is 18.9 Å². The molecule has 1 fully saturated rings. The molecule has 202 valence electrons. The minimum atomic E-state index is -5.03. The molecule has 0 aromatic heterocycles. The van der Waals surface area contributed by atoms with Crippen molar-refractivity contribution in [1.29, 1.82) is 0 Å². The van der Waals surface area contributed by atoms with E-state index in [2.05, 4.69) is 0 Å². The molecule has 0 aliphatic carbocycles. The minimum Gasteiger partial charge on any atom is -0.444 e. The van der Waals surface area contributed by atoms with Gasteiger partial charge in [-0.2, -0.15) is 26.3 Å². The van der Waals surface area contributed by atoms with E-state index >= 15 is 0 Å². The molecule has 37 heavy (non-hydrogen) atoms. The van der Waals surface area contributed by atoms with Crippen LogP contribution in [0.2, 0.25) is 0 Å². The number of carbonyl (C=O) groups excluding carboxylic acids is 2. The van der Waals surface area contributed by atoms with Crippen molar-refractivity contribution in [2.75, 3.05) is 13.1 Å². The van der Waals surface area contributed by atoms with Crippen molar-refractivity contribution in [1.82, 2.24) is 4.90 Å². The summed E-state index contributed by atoms with van der Waals surface area (Å²) in [7, 11) is 0. The number of alkyl halides is 6. The Balaban J connectivity index is 1.83. The highest BCUT2D eigenvalue weighted by Gasteiger charge is 2.40. The van der Waals surface area contributed by atoms with Crippen LogP contribution >= 0.6 is 0 Å². The quantitative estimate of drug-likeness (QED) is 0.295. The van der Waals surface area contributed by atoms with E-state index in [1.54, 1.807) is 25.7 Å². The van der Waals surface area contributed by atoms with Gasteiger partial charge in [0, 0.05) is 25.1 Å². The molecule has 0 atom stereocenters. The first-order chi connectivity index (χ1) is 17.0. The second kappa shape index (κ2) is 10.4. The molecule has 0 unspecified atom stereocenters. The topological polar surface area (TPSA) is 46.6 Å². The molecule has 1 aliphatic rings. The molecule has 1 saturated heterocycles. The van der Waals surface area contributed by atoms with Gasteiger partial charge in [0.15, 0.2) is 5.78 Å². The van der Waals surface area contributed by atoms with Crippen LogP contribution in [-0.4, -0.2) is 35.5 Å². The largest absolute Gasteiger partial charge is 0.444 e. The fourth-order valence-electron chi connectivity index (χ4n) is 4.53. The van der Waals surface area contributed by atoms with Crippen molar-refractivity contribution in [3.05, 3.63) is 70.8 Å². The molecule has 10 heteroatoms. The number of carbonyl (C=O) groups is 2. The zero-order chi connectivity index (χ0) is 27.6. The van der Waals surface area contributed by atoms with E-state index in [1.165, 1.54) is 0 Å². The first-order valence-corrected chi connectivity index (χ1v) is 11.9. The second-order valence-electron chi connectivity index (χ2n) is 10.3. The van der Waals surface area contributed by atoms with Crippen LogP contribution in [-0.2, 0) is 22.5 Å². The number of Topliss-reactive ketones (excluding diaryl/α,β-unsaturated/α-hetero) is 1. The number of hydrogen-bond acceptors (Lipinski definition) is 3. The monoisotopic (exact) mass is 529 g/mol. The number of ketones is 1. The highest BCUT2D eigenvalue weighted by molar-refractivity contribution is 5.96. The first-order valence-electron chi connectivity index (χ1n) is 11.9. The highest BCUT2D eigenvalue weighted by Crippen LogP contribution is 2.41. The Hall–Kier alpha value is -3.04. The molecule has 4 nitrogen and oxygen atoms in total. The lowest BCUT2D eigenvalue weighted by molar-refractivity contribution is -0.143. The van der Waals surface area contributed by atoms with Crippen molar-refractivity contribution in [2.24, 2.45) is 0 Å². The lowest BCUT2D eigenvalue weighted by Gasteiger charge is -2.42. The normalized spacial score (nSPS) is 16.4. The molecule has 1 aliphatic heterocycles. The minimum absolute atomic E-state index is 0.00856. The Kier molecular flexibility index (Phi) is 8.00. The van der Waals surface area contributed by atoms with Crippen molar-refractivity contribution >= 4 is 11.9 Å². The summed E-state index contributed by atoms with van der Waals surface area (Å²) in [6.07, 6.45) is -9.66. The van der Waals surface area contributed by atoms with Crippen LogP contribution < -0.4 is 0 Å². The number of amides is 1. The van der Waals surface area contributed by atoms with Crippen LogP contribution in [0.5, 0.6) is 0 Å². The van der Waals surface area contributed by atoms with Crippen molar-refractivity contribution < 1.29 is 40.7 Å². The van der Waals surface area contributed by atoms with E-state index in [9.17, 15) is 35.9 Å². The SMILES string of the molecule is CC(C)(C)OC(=O)N1CCC(CCC(=O)c2cc(C(F)(F)F)cc(C(F)(F)F)c2)(c2ccccc2)CC1. The molecule has 0 N–H and O–H groups in total. The van der Waals surface area contributed by atoms with E-state index < -0.39 is 51.9 Å². The zero-order valence-electron chi connectivity index (χ0n) is 20.8. The number of rotatable bonds is 5. The van der Waals surface area contributed by atoms with Crippen LogP contribution in [0.15, 0.2) is 48.5 Å². The van der Waals surface area contributed by atoms with Crippen molar-refractivity contribution in [3.63, 3.8) is 0 Å². The summed E-state index contributed by atoms with van der Waals surface area (Å²) in [6.45, 7) is 5.94. The third kappa shape index (κ3) is 7.26. The van der Waals surface area contributed by atoms with Crippen LogP contribution in [0, 0.1) is 0 Å². The fraction of sp³-hybridized carbons (Fsp3) is 0.481. The Morgan fingerprint density at radius 1 is 0.865 bits per heavy atom. The summed E-state index contributed by atoms with van der Waals surface area (Å²) in [6, 6.07) is 10.2. The lowest BCUT2D eigenvalue weighted by atomic mass is 9.69. The predicted molar refractivity (Wildman–Crippen MR) is 125 cm³/mol. The number of likely N-dealkylation sites (tertiary alicyclic amines) is 1. The Morgan fingerprint density at radius 3 is 1.84 bits per heavy atom. The molecular weight excluding hydrogens is 500 g/mol. The second-order valence-corrected chi connectivity index (χ2v) is 10.3. The Morgan fingerprint density at radius 2 is 1.38 bits per heavy atom. The van der Waals surface area contributed by atoms with Gasteiger partial charge in [0.05, 0.1) is 11.1 Å². The van der Waals surface area contributed by atoms with E-state index in [0.29, 0.717) is 38.1 Å². The van der Waals surface area contributed by atoms with Crippen molar-refractivity contribution in [2.45, 2.75) is 69.8 Å². The summed E-state index contributed by atoms with van der Waals surface area (Å²) in [5.74, 6) is -0.804. The zero-order valence-corrected chi connectivity index (χ0v) is 20.8. The van der Waals surface area contributed by atoms with Gasteiger partial charge in [0.25, 0.3) is 0 Å². The maximum atomic E-state index is 13.2. The molecule has 0 spiro atoms. The molecule has 3 rings (SSSR count).